The van der Waals surface area contributed by atoms with Gasteiger partial charge in [-0.1, -0.05) is 84.0 Å². The van der Waals surface area contributed by atoms with E-state index in [9.17, 15) is 10.2 Å². The van der Waals surface area contributed by atoms with Gasteiger partial charge in [-0.25, -0.2) is 0 Å². The largest absolute Gasteiger partial charge is 0.395 e. The van der Waals surface area contributed by atoms with Gasteiger partial charge < -0.3 is 14.9 Å². The van der Waals surface area contributed by atoms with E-state index in [0.717, 1.165) is 12.8 Å². The van der Waals surface area contributed by atoms with Crippen molar-refractivity contribution in [1.82, 2.24) is 5.32 Å². The van der Waals surface area contributed by atoms with Crippen LogP contribution < -0.4 is 5.32 Å². The Morgan fingerprint density at radius 2 is 1.33 bits per heavy atom. The highest BCUT2D eigenvalue weighted by Gasteiger charge is 2.34. The second-order valence-corrected chi connectivity index (χ2v) is 7.44. The molecular formula is C20H41NO3. The lowest BCUT2D eigenvalue weighted by Gasteiger charge is -2.38. The number of unbranched alkanes of at least 4 members (excludes halogenated alkanes) is 11. The first-order valence-corrected chi connectivity index (χ1v) is 10.4. The monoisotopic (exact) mass is 343 g/mol. The van der Waals surface area contributed by atoms with E-state index in [2.05, 4.69) is 12.2 Å². The molecular weight excluding hydrogens is 302 g/mol. The average molecular weight is 344 g/mol. The summed E-state index contributed by atoms with van der Waals surface area (Å²) in [6.45, 7) is 4.16. The second kappa shape index (κ2) is 14.1. The molecule has 24 heavy (non-hydrogen) atoms. The number of aliphatic hydroxyl groups is 2. The van der Waals surface area contributed by atoms with E-state index in [4.69, 9.17) is 4.74 Å². The van der Waals surface area contributed by atoms with Crippen LogP contribution in [0.1, 0.15) is 97.3 Å². The third-order valence-corrected chi connectivity index (χ3v) is 5.16. The third kappa shape index (κ3) is 9.36. The Bertz CT molecular complexity index is 288. The van der Waals surface area contributed by atoms with Crippen LogP contribution in [0.25, 0.3) is 0 Å². The molecule has 3 N–H and O–H groups in total. The first-order chi connectivity index (χ1) is 11.7. The van der Waals surface area contributed by atoms with Crippen LogP contribution in [0.2, 0.25) is 0 Å². The highest BCUT2D eigenvalue weighted by atomic mass is 16.5. The predicted molar refractivity (Wildman–Crippen MR) is 100 cm³/mol. The minimum atomic E-state index is -0.598. The summed E-state index contributed by atoms with van der Waals surface area (Å²) < 4.78 is 5.76. The Kier molecular flexibility index (Phi) is 12.8. The smallest absolute Gasteiger partial charge is 0.106 e. The molecule has 1 saturated heterocycles. The number of nitrogens with one attached hydrogen (secondary N) is 1. The van der Waals surface area contributed by atoms with Crippen molar-refractivity contribution in [2.75, 3.05) is 6.61 Å². The number of hydrogen-bond acceptors (Lipinski definition) is 4. The van der Waals surface area contributed by atoms with Crippen LogP contribution in [0.15, 0.2) is 0 Å². The fourth-order valence-electron chi connectivity index (χ4n) is 3.63. The van der Waals surface area contributed by atoms with Gasteiger partial charge in [0.2, 0.25) is 0 Å². The molecule has 1 fully saturated rings. The molecule has 1 rings (SSSR count). The lowest BCUT2D eigenvalue weighted by Crippen LogP contribution is -2.59. The Balaban J connectivity index is 1.93. The van der Waals surface area contributed by atoms with Crippen molar-refractivity contribution in [2.45, 2.75) is 122 Å². The molecule has 1 aliphatic rings. The third-order valence-electron chi connectivity index (χ3n) is 5.16. The summed E-state index contributed by atoms with van der Waals surface area (Å²) in [6, 6.07) is -0.254. The van der Waals surface area contributed by atoms with Crippen molar-refractivity contribution in [2.24, 2.45) is 0 Å². The molecule has 0 aromatic heterocycles. The first-order valence-electron chi connectivity index (χ1n) is 10.4. The van der Waals surface area contributed by atoms with Gasteiger partial charge in [0.15, 0.2) is 0 Å². The minimum absolute atomic E-state index is 0.0379. The van der Waals surface area contributed by atoms with E-state index >= 15 is 0 Å². The maximum atomic E-state index is 10.2. The molecule has 0 bridgehead atoms. The first kappa shape index (κ1) is 21.9. The Morgan fingerprint density at radius 1 is 0.833 bits per heavy atom. The summed E-state index contributed by atoms with van der Waals surface area (Å²) in [4.78, 5) is 0. The molecule has 0 aromatic rings. The van der Waals surface area contributed by atoms with Gasteiger partial charge in [-0.15, -0.1) is 0 Å². The van der Waals surface area contributed by atoms with Crippen LogP contribution >= 0.6 is 0 Å². The Morgan fingerprint density at radius 3 is 1.83 bits per heavy atom. The van der Waals surface area contributed by atoms with Crippen molar-refractivity contribution in [3.05, 3.63) is 0 Å². The number of ether oxygens (including phenoxy) is 1. The van der Waals surface area contributed by atoms with Crippen LogP contribution in [0.5, 0.6) is 0 Å². The predicted octanol–water partition coefficient (Wildman–Crippen LogP) is 4.13. The maximum Gasteiger partial charge on any atom is 0.106 e. The van der Waals surface area contributed by atoms with Gasteiger partial charge in [-0.05, 0) is 13.3 Å². The van der Waals surface area contributed by atoms with Crippen LogP contribution in [-0.2, 0) is 4.74 Å². The summed E-state index contributed by atoms with van der Waals surface area (Å²) in [7, 11) is 0. The Labute approximate surface area is 149 Å². The molecule has 1 heterocycles. The van der Waals surface area contributed by atoms with Gasteiger partial charge in [-0.2, -0.15) is 0 Å². The number of aliphatic hydroxyl groups excluding tert-OH is 2. The fourth-order valence-corrected chi connectivity index (χ4v) is 3.63. The molecule has 0 radical (unpaired) electrons. The molecule has 0 aromatic carbocycles. The molecule has 3 unspecified atom stereocenters. The van der Waals surface area contributed by atoms with E-state index in [1.54, 1.807) is 0 Å². The fraction of sp³-hybridized carbons (Fsp3) is 1.00. The van der Waals surface area contributed by atoms with Crippen LogP contribution in [0.4, 0.5) is 0 Å². The Hall–Kier alpha value is -0.160. The summed E-state index contributed by atoms with van der Waals surface area (Å²) in [5.74, 6) is 0. The van der Waals surface area contributed by atoms with Crippen LogP contribution in [0, 0.1) is 0 Å². The van der Waals surface area contributed by atoms with Crippen molar-refractivity contribution < 1.29 is 14.9 Å². The SMILES string of the molecule is CCCCCCCCCCCCCCC1OC(C)NC(CO)[C@@H]1O. The van der Waals surface area contributed by atoms with Gasteiger partial charge in [0, 0.05) is 0 Å². The number of hydrogen-bond donors (Lipinski definition) is 3. The highest BCUT2D eigenvalue weighted by Crippen LogP contribution is 2.20. The maximum absolute atomic E-state index is 10.2. The van der Waals surface area contributed by atoms with E-state index in [1.165, 1.54) is 70.6 Å². The van der Waals surface area contributed by atoms with E-state index < -0.39 is 6.10 Å². The van der Waals surface area contributed by atoms with E-state index in [1.807, 2.05) is 6.92 Å². The molecule has 0 amide bonds. The van der Waals surface area contributed by atoms with Gasteiger partial charge in [0.1, 0.15) is 6.23 Å². The second-order valence-electron chi connectivity index (χ2n) is 7.44. The van der Waals surface area contributed by atoms with E-state index in [-0.39, 0.29) is 25.0 Å². The standard InChI is InChI=1S/C20H41NO3/c1-3-4-5-6-7-8-9-10-11-12-13-14-15-19-20(23)18(16-22)21-17(2)24-19/h17-23H,3-16H2,1-2H3/t17?,18?,19?,20-/m0/s1. The van der Waals surface area contributed by atoms with Gasteiger partial charge in [0.25, 0.3) is 0 Å². The molecule has 4 heteroatoms. The molecule has 4 nitrogen and oxygen atoms in total. The van der Waals surface area contributed by atoms with Crippen molar-refractivity contribution in [1.29, 1.82) is 0 Å². The molecule has 4 atom stereocenters. The lowest BCUT2D eigenvalue weighted by atomic mass is 9.97. The van der Waals surface area contributed by atoms with E-state index in [0.29, 0.717) is 0 Å². The average Bonchev–Trinajstić information content (AvgIpc) is 2.58. The molecule has 1 aliphatic heterocycles. The van der Waals surface area contributed by atoms with Crippen LogP contribution in [-0.4, -0.2) is 41.3 Å². The van der Waals surface area contributed by atoms with Gasteiger partial charge in [0.05, 0.1) is 24.9 Å². The molecule has 0 spiro atoms. The highest BCUT2D eigenvalue weighted by molar-refractivity contribution is 4.86. The summed E-state index contributed by atoms with van der Waals surface area (Å²) in [5, 5.41) is 22.5. The van der Waals surface area contributed by atoms with Gasteiger partial charge in [-0.3, -0.25) is 5.32 Å². The van der Waals surface area contributed by atoms with Gasteiger partial charge >= 0.3 is 0 Å². The topological polar surface area (TPSA) is 61.7 Å². The zero-order chi connectivity index (χ0) is 17.6. The molecule has 0 aliphatic carbocycles. The minimum Gasteiger partial charge on any atom is -0.395 e. The van der Waals surface area contributed by atoms with Crippen molar-refractivity contribution >= 4 is 0 Å². The molecule has 0 saturated carbocycles. The van der Waals surface area contributed by atoms with Crippen LogP contribution in [0.3, 0.4) is 0 Å². The normalized spacial score (nSPS) is 27.5. The summed E-state index contributed by atoms with van der Waals surface area (Å²) in [5.41, 5.74) is 0. The zero-order valence-corrected chi connectivity index (χ0v) is 16.0. The zero-order valence-electron chi connectivity index (χ0n) is 16.0. The van der Waals surface area contributed by atoms with Crippen molar-refractivity contribution in [3.63, 3.8) is 0 Å². The summed E-state index contributed by atoms with van der Waals surface area (Å²) in [6.07, 6.45) is 16.1. The summed E-state index contributed by atoms with van der Waals surface area (Å²) >= 11 is 0. The quantitative estimate of drug-likeness (QED) is 0.415. The van der Waals surface area contributed by atoms with Crippen molar-refractivity contribution in [3.8, 4) is 0 Å². The number of rotatable bonds is 14. The molecule has 144 valence electrons. The lowest BCUT2D eigenvalue weighted by molar-refractivity contribution is -0.146.